The topological polar surface area (TPSA) is 29.5 Å². The van der Waals surface area contributed by atoms with Gasteiger partial charge in [-0.05, 0) is 19.3 Å². The molecule has 17 heavy (non-hydrogen) atoms. The van der Waals surface area contributed by atoms with Gasteiger partial charge in [0, 0.05) is 25.0 Å². The molecule has 3 nitrogen and oxygen atoms in total. The maximum atomic E-state index is 11.4. The Kier molecular flexibility index (Phi) is 4.57. The summed E-state index contributed by atoms with van der Waals surface area (Å²) in [5, 5.41) is 0. The summed E-state index contributed by atoms with van der Waals surface area (Å²) in [7, 11) is 0. The lowest BCUT2D eigenvalue weighted by Crippen LogP contribution is -2.48. The van der Waals surface area contributed by atoms with Crippen molar-refractivity contribution in [1.29, 1.82) is 0 Å². The molecule has 1 aliphatic heterocycles. The van der Waals surface area contributed by atoms with Crippen molar-refractivity contribution in [2.24, 2.45) is 5.41 Å². The number of ether oxygens (including phenoxy) is 1. The fraction of sp³-hybridized carbons (Fsp3) is 0.929. The fourth-order valence-corrected chi connectivity index (χ4v) is 3.19. The number of morpholine rings is 1. The lowest BCUT2D eigenvalue weighted by molar-refractivity contribution is -0.121. The number of carbonyl (C=O) groups excluding carboxylic acids is 1. The summed E-state index contributed by atoms with van der Waals surface area (Å²) in [6.07, 6.45) is 8.61. The molecule has 0 N–H and O–H groups in total. The zero-order chi connectivity index (χ0) is 12.1. The molecule has 2 rings (SSSR count). The van der Waals surface area contributed by atoms with Crippen molar-refractivity contribution in [2.45, 2.75) is 51.6 Å². The number of aldehydes is 1. The van der Waals surface area contributed by atoms with Crippen molar-refractivity contribution in [3.63, 3.8) is 0 Å². The molecule has 1 aliphatic carbocycles. The second-order valence-corrected chi connectivity index (χ2v) is 5.68. The van der Waals surface area contributed by atoms with E-state index < -0.39 is 0 Å². The Balaban J connectivity index is 1.91. The monoisotopic (exact) mass is 239 g/mol. The molecular formula is C14H25NO2. The van der Waals surface area contributed by atoms with Crippen LogP contribution in [0.25, 0.3) is 0 Å². The Morgan fingerprint density at radius 3 is 2.76 bits per heavy atom. The standard InChI is InChI=1S/C14H25NO2/c1-2-13-10-15(8-9-17-13)11-14(12-16)6-4-3-5-7-14/h12-13H,2-11H2,1H3. The minimum Gasteiger partial charge on any atom is -0.376 e. The minimum atomic E-state index is -0.0477. The normalized spacial score (nSPS) is 30.1. The summed E-state index contributed by atoms with van der Waals surface area (Å²) < 4.78 is 5.68. The van der Waals surface area contributed by atoms with Crippen molar-refractivity contribution in [3.05, 3.63) is 0 Å². The van der Waals surface area contributed by atoms with Crippen molar-refractivity contribution in [1.82, 2.24) is 4.90 Å². The van der Waals surface area contributed by atoms with Crippen LogP contribution < -0.4 is 0 Å². The van der Waals surface area contributed by atoms with Crippen LogP contribution in [0.1, 0.15) is 45.4 Å². The molecule has 98 valence electrons. The molecular weight excluding hydrogens is 214 g/mol. The Morgan fingerprint density at radius 1 is 1.35 bits per heavy atom. The van der Waals surface area contributed by atoms with Crippen molar-refractivity contribution >= 4 is 6.29 Å². The first kappa shape index (κ1) is 13.0. The highest BCUT2D eigenvalue weighted by Crippen LogP contribution is 2.35. The predicted octanol–water partition coefficient (Wildman–Crippen LogP) is 2.25. The molecule has 0 amide bonds. The molecule has 1 heterocycles. The van der Waals surface area contributed by atoms with Crippen LogP contribution in [0.2, 0.25) is 0 Å². The molecule has 1 unspecified atom stereocenters. The molecule has 3 heteroatoms. The van der Waals surface area contributed by atoms with Crippen LogP contribution in [0.5, 0.6) is 0 Å². The van der Waals surface area contributed by atoms with Gasteiger partial charge >= 0.3 is 0 Å². The summed E-state index contributed by atoms with van der Waals surface area (Å²) in [6, 6.07) is 0. The zero-order valence-corrected chi connectivity index (χ0v) is 11.0. The van der Waals surface area contributed by atoms with Gasteiger partial charge in [-0.3, -0.25) is 4.90 Å². The van der Waals surface area contributed by atoms with Gasteiger partial charge in [0.1, 0.15) is 6.29 Å². The van der Waals surface area contributed by atoms with Crippen molar-refractivity contribution < 1.29 is 9.53 Å². The Labute approximate surface area is 105 Å². The van der Waals surface area contributed by atoms with Crippen molar-refractivity contribution in [3.8, 4) is 0 Å². The smallest absolute Gasteiger partial charge is 0.127 e. The molecule has 1 saturated carbocycles. The zero-order valence-electron chi connectivity index (χ0n) is 11.0. The molecule has 2 aliphatic rings. The summed E-state index contributed by atoms with van der Waals surface area (Å²) in [5.74, 6) is 0. The summed E-state index contributed by atoms with van der Waals surface area (Å²) in [4.78, 5) is 13.9. The van der Waals surface area contributed by atoms with Gasteiger partial charge in [-0.15, -0.1) is 0 Å². The minimum absolute atomic E-state index is 0.0477. The number of nitrogens with zero attached hydrogens (tertiary/aromatic N) is 1. The first-order valence-electron chi connectivity index (χ1n) is 7.08. The van der Waals surface area contributed by atoms with Crippen molar-refractivity contribution in [2.75, 3.05) is 26.2 Å². The van der Waals surface area contributed by atoms with Crippen LogP contribution in [-0.4, -0.2) is 43.5 Å². The van der Waals surface area contributed by atoms with Crippen LogP contribution in [0.15, 0.2) is 0 Å². The van der Waals surface area contributed by atoms with Crippen LogP contribution in [0.4, 0.5) is 0 Å². The molecule has 1 saturated heterocycles. The number of hydrogen-bond donors (Lipinski definition) is 0. The van der Waals surface area contributed by atoms with E-state index in [9.17, 15) is 4.79 Å². The average Bonchev–Trinajstić information content (AvgIpc) is 2.40. The molecule has 0 bridgehead atoms. The number of hydrogen-bond acceptors (Lipinski definition) is 3. The van der Waals surface area contributed by atoms with E-state index in [1.165, 1.54) is 25.5 Å². The van der Waals surface area contributed by atoms with Gasteiger partial charge in [-0.1, -0.05) is 26.2 Å². The van der Waals surface area contributed by atoms with E-state index in [0.717, 1.165) is 45.5 Å². The van der Waals surface area contributed by atoms with E-state index >= 15 is 0 Å². The van der Waals surface area contributed by atoms with E-state index in [1.54, 1.807) is 0 Å². The second-order valence-electron chi connectivity index (χ2n) is 5.68. The maximum Gasteiger partial charge on any atom is 0.127 e. The molecule has 2 fully saturated rings. The SMILES string of the molecule is CCC1CN(CC2(C=O)CCCCC2)CCO1. The second kappa shape index (κ2) is 5.96. The number of rotatable bonds is 4. The Bertz CT molecular complexity index is 249. The van der Waals surface area contributed by atoms with Gasteiger partial charge in [0.2, 0.25) is 0 Å². The maximum absolute atomic E-state index is 11.4. The van der Waals surface area contributed by atoms with Gasteiger partial charge < -0.3 is 9.53 Å². The van der Waals surface area contributed by atoms with E-state index in [4.69, 9.17) is 4.74 Å². The average molecular weight is 239 g/mol. The molecule has 0 aromatic rings. The van der Waals surface area contributed by atoms with Crippen LogP contribution >= 0.6 is 0 Å². The fourth-order valence-electron chi connectivity index (χ4n) is 3.19. The van der Waals surface area contributed by atoms with Gasteiger partial charge in [0.15, 0.2) is 0 Å². The predicted molar refractivity (Wildman–Crippen MR) is 68.1 cm³/mol. The van der Waals surface area contributed by atoms with E-state index in [-0.39, 0.29) is 5.41 Å². The largest absolute Gasteiger partial charge is 0.376 e. The quantitative estimate of drug-likeness (QED) is 0.705. The molecule has 0 aromatic carbocycles. The van der Waals surface area contributed by atoms with Crippen LogP contribution in [0.3, 0.4) is 0 Å². The molecule has 0 radical (unpaired) electrons. The molecule has 0 spiro atoms. The van der Waals surface area contributed by atoms with Gasteiger partial charge in [0.05, 0.1) is 12.7 Å². The number of carbonyl (C=O) groups is 1. The van der Waals surface area contributed by atoms with E-state index in [2.05, 4.69) is 11.8 Å². The Hall–Kier alpha value is -0.410. The van der Waals surface area contributed by atoms with E-state index in [1.807, 2.05) is 0 Å². The molecule has 0 aromatic heterocycles. The van der Waals surface area contributed by atoms with Crippen LogP contribution in [-0.2, 0) is 9.53 Å². The summed E-state index contributed by atoms with van der Waals surface area (Å²) in [6.45, 7) is 5.95. The van der Waals surface area contributed by atoms with Gasteiger partial charge in [-0.25, -0.2) is 0 Å². The summed E-state index contributed by atoms with van der Waals surface area (Å²) in [5.41, 5.74) is -0.0477. The van der Waals surface area contributed by atoms with E-state index in [0.29, 0.717) is 6.10 Å². The summed E-state index contributed by atoms with van der Waals surface area (Å²) >= 11 is 0. The highest BCUT2D eigenvalue weighted by Gasteiger charge is 2.34. The molecule has 1 atom stereocenters. The van der Waals surface area contributed by atoms with Gasteiger partial charge in [-0.2, -0.15) is 0 Å². The Morgan fingerprint density at radius 2 is 2.12 bits per heavy atom. The van der Waals surface area contributed by atoms with Crippen LogP contribution in [0, 0.1) is 5.41 Å². The lowest BCUT2D eigenvalue weighted by Gasteiger charge is -2.40. The first-order chi connectivity index (χ1) is 8.28. The first-order valence-corrected chi connectivity index (χ1v) is 7.08. The third-order valence-electron chi connectivity index (χ3n) is 4.32. The highest BCUT2D eigenvalue weighted by atomic mass is 16.5. The third kappa shape index (κ3) is 3.29. The lowest BCUT2D eigenvalue weighted by atomic mass is 9.75. The van der Waals surface area contributed by atoms with Gasteiger partial charge in [0.25, 0.3) is 0 Å². The third-order valence-corrected chi connectivity index (χ3v) is 4.32. The highest BCUT2D eigenvalue weighted by molar-refractivity contribution is 5.60.